The van der Waals surface area contributed by atoms with Gasteiger partial charge in [-0.25, -0.2) is 8.42 Å². The third kappa shape index (κ3) is 2.20. The molecule has 0 N–H and O–H groups in total. The van der Waals surface area contributed by atoms with E-state index in [0.29, 0.717) is 6.54 Å². The van der Waals surface area contributed by atoms with E-state index in [0.717, 1.165) is 18.4 Å². The molecule has 0 spiro atoms. The lowest BCUT2D eigenvalue weighted by atomic mass is 9.70. The largest absolute Gasteiger partial charge is 0.298 e. The first kappa shape index (κ1) is 16.7. The number of rotatable bonds is 4. The number of Topliss-reactive ketones (excluding diaryl/α,β-unsaturated/α-hetero) is 1. The first-order chi connectivity index (χ1) is 10.6. The van der Waals surface area contributed by atoms with Crippen LogP contribution in [0.1, 0.15) is 39.2 Å². The zero-order valence-electron chi connectivity index (χ0n) is 14.2. The van der Waals surface area contributed by atoms with Crippen LogP contribution in [0.5, 0.6) is 0 Å². The van der Waals surface area contributed by atoms with Gasteiger partial charge >= 0.3 is 0 Å². The Kier molecular flexibility index (Phi) is 3.73. The minimum absolute atomic E-state index is 0.0803. The quantitative estimate of drug-likeness (QED) is 0.850. The summed E-state index contributed by atoms with van der Waals surface area (Å²) < 4.78 is 27.5. The van der Waals surface area contributed by atoms with Crippen LogP contribution in [0.4, 0.5) is 0 Å². The number of fused-ring (bicyclic) bond motifs is 2. The number of hydrogen-bond donors (Lipinski definition) is 0. The van der Waals surface area contributed by atoms with E-state index >= 15 is 0 Å². The van der Waals surface area contributed by atoms with E-state index in [-0.39, 0.29) is 17.1 Å². The van der Waals surface area contributed by atoms with Gasteiger partial charge in [-0.2, -0.15) is 4.31 Å². The molecule has 1 aromatic carbocycles. The SMILES string of the molecule is CN(Cc1ccccc1)S(=O)(=O)[C@@H]1C(=O)[C@]2(C)CC[C@H]1C2(C)C. The molecule has 0 amide bonds. The Hall–Kier alpha value is -1.20. The van der Waals surface area contributed by atoms with E-state index < -0.39 is 20.7 Å². The van der Waals surface area contributed by atoms with Gasteiger partial charge in [0.25, 0.3) is 0 Å². The zero-order valence-corrected chi connectivity index (χ0v) is 15.1. The highest BCUT2D eigenvalue weighted by Crippen LogP contribution is 2.65. The van der Waals surface area contributed by atoms with Gasteiger partial charge in [0, 0.05) is 19.0 Å². The van der Waals surface area contributed by atoms with Crippen LogP contribution in [0.15, 0.2) is 30.3 Å². The van der Waals surface area contributed by atoms with Crippen molar-refractivity contribution in [1.29, 1.82) is 0 Å². The average molecular weight is 335 g/mol. The summed E-state index contributed by atoms with van der Waals surface area (Å²) in [6.07, 6.45) is 1.62. The second kappa shape index (κ2) is 5.15. The number of carbonyl (C=O) groups is 1. The number of hydrogen-bond acceptors (Lipinski definition) is 3. The molecule has 5 heteroatoms. The van der Waals surface area contributed by atoms with Gasteiger partial charge in [0.15, 0.2) is 5.78 Å². The van der Waals surface area contributed by atoms with Gasteiger partial charge in [-0.3, -0.25) is 4.79 Å². The summed E-state index contributed by atoms with van der Waals surface area (Å²) >= 11 is 0. The third-order valence-electron chi connectivity index (χ3n) is 6.48. The highest BCUT2D eigenvalue weighted by atomic mass is 32.2. The molecule has 2 fully saturated rings. The van der Waals surface area contributed by atoms with Crippen molar-refractivity contribution >= 4 is 15.8 Å². The Morgan fingerprint density at radius 3 is 2.30 bits per heavy atom. The van der Waals surface area contributed by atoms with Crippen molar-refractivity contribution in [3.63, 3.8) is 0 Å². The van der Waals surface area contributed by atoms with Gasteiger partial charge in [0.2, 0.25) is 10.0 Å². The summed E-state index contributed by atoms with van der Waals surface area (Å²) in [4.78, 5) is 12.9. The van der Waals surface area contributed by atoms with Gasteiger partial charge in [0.05, 0.1) is 0 Å². The normalized spacial score (nSPS) is 32.7. The lowest BCUT2D eigenvalue weighted by Gasteiger charge is -2.32. The van der Waals surface area contributed by atoms with Crippen LogP contribution in [0.2, 0.25) is 0 Å². The highest BCUT2D eigenvalue weighted by molar-refractivity contribution is 7.90. The molecule has 2 aliphatic rings. The van der Waals surface area contributed by atoms with Crippen molar-refractivity contribution < 1.29 is 13.2 Å². The molecule has 0 radical (unpaired) electrons. The first-order valence-corrected chi connectivity index (χ1v) is 9.66. The topological polar surface area (TPSA) is 54.5 Å². The van der Waals surface area contributed by atoms with Crippen LogP contribution >= 0.6 is 0 Å². The van der Waals surface area contributed by atoms with Crippen molar-refractivity contribution in [2.75, 3.05) is 7.05 Å². The Morgan fingerprint density at radius 1 is 1.17 bits per heavy atom. The predicted molar refractivity (Wildman–Crippen MR) is 90.2 cm³/mol. The van der Waals surface area contributed by atoms with Crippen molar-refractivity contribution in [3.05, 3.63) is 35.9 Å². The summed E-state index contributed by atoms with van der Waals surface area (Å²) in [7, 11) is -2.06. The lowest BCUT2D eigenvalue weighted by molar-refractivity contribution is -0.128. The van der Waals surface area contributed by atoms with Crippen LogP contribution in [0, 0.1) is 16.7 Å². The Labute approximate surface area is 138 Å². The first-order valence-electron chi connectivity index (χ1n) is 8.16. The monoisotopic (exact) mass is 335 g/mol. The van der Waals surface area contributed by atoms with Crippen LogP contribution < -0.4 is 0 Å². The summed E-state index contributed by atoms with van der Waals surface area (Å²) in [6, 6.07) is 9.49. The molecule has 1 aromatic rings. The van der Waals surface area contributed by atoms with Gasteiger partial charge in [-0.15, -0.1) is 0 Å². The second-order valence-electron chi connectivity index (χ2n) is 7.77. The Balaban J connectivity index is 1.90. The average Bonchev–Trinajstić information content (AvgIpc) is 2.80. The summed E-state index contributed by atoms with van der Waals surface area (Å²) in [5.41, 5.74) is 0.165. The van der Waals surface area contributed by atoms with Crippen LogP contribution in [-0.4, -0.2) is 30.8 Å². The molecule has 0 aromatic heterocycles. The standard InChI is InChI=1S/C18H25NO3S/c1-17(2)14-10-11-18(17,3)16(20)15(14)23(21,22)19(4)12-13-8-6-5-7-9-13/h5-9,14-15H,10-12H2,1-4H3/t14-,15+,18+/m1/s1. The number of nitrogens with zero attached hydrogens (tertiary/aromatic N) is 1. The second-order valence-corrected chi connectivity index (χ2v) is 9.93. The van der Waals surface area contributed by atoms with Gasteiger partial charge in [-0.1, -0.05) is 51.1 Å². The maximum Gasteiger partial charge on any atom is 0.224 e. The molecule has 0 heterocycles. The van der Waals surface area contributed by atoms with E-state index in [9.17, 15) is 13.2 Å². The summed E-state index contributed by atoms with van der Waals surface area (Å²) in [6.45, 7) is 6.35. The Morgan fingerprint density at radius 2 is 1.78 bits per heavy atom. The Bertz CT molecular complexity index is 726. The molecular formula is C18H25NO3S. The maximum absolute atomic E-state index is 13.1. The molecule has 2 bridgehead atoms. The molecule has 126 valence electrons. The molecule has 23 heavy (non-hydrogen) atoms. The van der Waals surface area contributed by atoms with Crippen LogP contribution in [-0.2, 0) is 21.4 Å². The molecule has 2 saturated carbocycles. The fraction of sp³-hybridized carbons (Fsp3) is 0.611. The zero-order chi connectivity index (χ0) is 17.0. The molecular weight excluding hydrogens is 310 g/mol. The van der Waals surface area contributed by atoms with Gasteiger partial charge in [0.1, 0.15) is 5.25 Å². The van der Waals surface area contributed by atoms with Crippen molar-refractivity contribution in [2.45, 2.75) is 45.4 Å². The number of sulfonamides is 1. The molecule has 3 rings (SSSR count). The summed E-state index contributed by atoms with van der Waals surface area (Å²) in [5, 5.41) is -0.884. The number of carbonyl (C=O) groups excluding carboxylic acids is 1. The van der Waals surface area contributed by atoms with Gasteiger partial charge < -0.3 is 0 Å². The van der Waals surface area contributed by atoms with Crippen molar-refractivity contribution in [2.24, 2.45) is 16.7 Å². The van der Waals surface area contributed by atoms with E-state index in [1.165, 1.54) is 4.31 Å². The van der Waals surface area contributed by atoms with E-state index in [2.05, 4.69) is 13.8 Å². The molecule has 2 aliphatic carbocycles. The smallest absolute Gasteiger partial charge is 0.224 e. The lowest BCUT2D eigenvalue weighted by Crippen LogP contribution is -2.45. The molecule has 0 unspecified atom stereocenters. The molecule has 4 nitrogen and oxygen atoms in total. The van der Waals surface area contributed by atoms with Crippen LogP contribution in [0.3, 0.4) is 0 Å². The van der Waals surface area contributed by atoms with Gasteiger partial charge in [-0.05, 0) is 29.7 Å². The summed E-state index contributed by atoms with van der Waals surface area (Å²) in [5.74, 6) is -0.165. The molecule has 0 saturated heterocycles. The number of benzene rings is 1. The fourth-order valence-electron chi connectivity index (χ4n) is 4.47. The minimum Gasteiger partial charge on any atom is -0.298 e. The molecule has 3 atom stereocenters. The third-order valence-corrected chi connectivity index (χ3v) is 8.66. The maximum atomic E-state index is 13.1. The van der Waals surface area contributed by atoms with E-state index in [1.54, 1.807) is 7.05 Å². The fourth-order valence-corrected chi connectivity index (χ4v) is 6.61. The van der Waals surface area contributed by atoms with Crippen LogP contribution in [0.25, 0.3) is 0 Å². The predicted octanol–water partition coefficient (Wildman–Crippen LogP) is 2.84. The minimum atomic E-state index is -3.64. The van der Waals surface area contributed by atoms with Crippen molar-refractivity contribution in [3.8, 4) is 0 Å². The molecule has 0 aliphatic heterocycles. The van der Waals surface area contributed by atoms with Crippen molar-refractivity contribution in [1.82, 2.24) is 4.31 Å². The van der Waals surface area contributed by atoms with E-state index in [4.69, 9.17) is 0 Å². The number of ketones is 1. The van der Waals surface area contributed by atoms with E-state index in [1.807, 2.05) is 37.3 Å². The highest BCUT2D eigenvalue weighted by Gasteiger charge is 2.69.